The van der Waals surface area contributed by atoms with E-state index >= 15 is 0 Å². The molecule has 0 fully saturated rings. The summed E-state index contributed by atoms with van der Waals surface area (Å²) in [6.45, 7) is 1.92. The second kappa shape index (κ2) is 7.78. The van der Waals surface area contributed by atoms with Crippen LogP contribution in [-0.4, -0.2) is 29.9 Å². The van der Waals surface area contributed by atoms with Gasteiger partial charge in [0.25, 0.3) is 0 Å². The molecule has 118 valence electrons. The molecular weight excluding hydrogens is 278 g/mol. The third kappa shape index (κ3) is 4.20. The van der Waals surface area contributed by atoms with Crippen molar-refractivity contribution in [3.8, 4) is 0 Å². The third-order valence-electron chi connectivity index (χ3n) is 4.04. The Kier molecular flexibility index (Phi) is 5.75. The number of nitrogens with zero attached hydrogens (tertiary/aromatic N) is 1. The van der Waals surface area contributed by atoms with E-state index in [4.69, 9.17) is 4.74 Å². The van der Waals surface area contributed by atoms with Crippen molar-refractivity contribution in [2.45, 2.75) is 44.8 Å². The number of likely N-dealkylation sites (N-methyl/N-ethyl adjacent to an activating group) is 1. The first kappa shape index (κ1) is 16.3. The van der Waals surface area contributed by atoms with Crippen molar-refractivity contribution in [3.63, 3.8) is 0 Å². The molecule has 0 saturated heterocycles. The van der Waals surface area contributed by atoms with Crippen molar-refractivity contribution in [3.05, 3.63) is 48.0 Å². The quantitative estimate of drug-likeness (QED) is 0.591. The number of rotatable bonds is 1. The number of cyclic esters (lactones) is 1. The van der Waals surface area contributed by atoms with Crippen LogP contribution in [0.15, 0.2) is 42.5 Å². The highest BCUT2D eigenvalue weighted by Gasteiger charge is 2.28. The molecule has 1 aliphatic rings. The summed E-state index contributed by atoms with van der Waals surface area (Å²) in [5.41, 5.74) is 0.913. The number of carbonyl (C=O) groups is 2. The molecule has 22 heavy (non-hydrogen) atoms. The summed E-state index contributed by atoms with van der Waals surface area (Å²) in [5.74, 6) is -0.165. The number of hydrogen-bond acceptors (Lipinski definition) is 3. The van der Waals surface area contributed by atoms with Crippen LogP contribution in [0.1, 0.15) is 44.3 Å². The average Bonchev–Trinajstić information content (AvgIpc) is 2.54. The number of hydrogen-bond donors (Lipinski definition) is 0. The van der Waals surface area contributed by atoms with Crippen LogP contribution >= 0.6 is 0 Å². The molecule has 0 saturated carbocycles. The van der Waals surface area contributed by atoms with Crippen molar-refractivity contribution in [1.82, 2.24) is 4.90 Å². The van der Waals surface area contributed by atoms with E-state index in [9.17, 15) is 9.59 Å². The number of allylic oxidation sites excluding steroid dienone is 2. The van der Waals surface area contributed by atoms with Gasteiger partial charge in [-0.05, 0) is 25.3 Å². The highest BCUT2D eigenvalue weighted by molar-refractivity contribution is 5.76. The number of ether oxygens (including phenoxy) is 1. The van der Waals surface area contributed by atoms with Crippen LogP contribution in [0.3, 0.4) is 0 Å². The molecule has 4 nitrogen and oxygen atoms in total. The zero-order chi connectivity index (χ0) is 15.9. The fourth-order valence-electron chi connectivity index (χ4n) is 2.54. The lowest BCUT2D eigenvalue weighted by Gasteiger charge is -2.32. The highest BCUT2D eigenvalue weighted by Crippen LogP contribution is 2.26. The summed E-state index contributed by atoms with van der Waals surface area (Å²) >= 11 is 0. The Morgan fingerprint density at radius 1 is 1.05 bits per heavy atom. The second-order valence-corrected chi connectivity index (χ2v) is 5.62. The molecule has 4 heteroatoms. The lowest BCUT2D eigenvalue weighted by atomic mass is 10.0. The summed E-state index contributed by atoms with van der Waals surface area (Å²) in [7, 11) is 1.77. The van der Waals surface area contributed by atoms with Crippen LogP contribution < -0.4 is 0 Å². The Morgan fingerprint density at radius 2 is 1.68 bits per heavy atom. The van der Waals surface area contributed by atoms with Crippen LogP contribution in [0, 0.1) is 0 Å². The van der Waals surface area contributed by atoms with E-state index in [0.717, 1.165) is 5.56 Å². The van der Waals surface area contributed by atoms with Crippen molar-refractivity contribution in [1.29, 1.82) is 0 Å². The molecule has 0 aliphatic carbocycles. The summed E-state index contributed by atoms with van der Waals surface area (Å²) in [6, 6.07) is 9.40. The number of amides is 1. The van der Waals surface area contributed by atoms with Gasteiger partial charge in [0.2, 0.25) is 5.91 Å². The Bertz CT molecular complexity index is 539. The van der Waals surface area contributed by atoms with Crippen molar-refractivity contribution < 1.29 is 14.3 Å². The molecule has 0 bridgehead atoms. The summed E-state index contributed by atoms with van der Waals surface area (Å²) in [5, 5.41) is 0. The van der Waals surface area contributed by atoms with Crippen LogP contribution in [0.4, 0.5) is 0 Å². The second-order valence-electron chi connectivity index (χ2n) is 5.62. The van der Waals surface area contributed by atoms with Crippen LogP contribution in [-0.2, 0) is 14.3 Å². The molecule has 0 aromatic heterocycles. The number of carbonyl (C=O) groups excluding carboxylic acids is 2. The molecule has 2 rings (SSSR count). The van der Waals surface area contributed by atoms with Gasteiger partial charge in [0.1, 0.15) is 6.10 Å². The van der Waals surface area contributed by atoms with Gasteiger partial charge in [-0.3, -0.25) is 9.59 Å². The van der Waals surface area contributed by atoms with E-state index in [0.29, 0.717) is 25.7 Å². The van der Waals surface area contributed by atoms with Crippen LogP contribution in [0.2, 0.25) is 0 Å². The lowest BCUT2D eigenvalue weighted by molar-refractivity contribution is -0.155. The fraction of sp³-hybridized carbons (Fsp3) is 0.444. The van der Waals surface area contributed by atoms with E-state index in [1.54, 1.807) is 11.9 Å². The number of esters is 1. The van der Waals surface area contributed by atoms with Gasteiger partial charge in [0, 0.05) is 19.9 Å². The Morgan fingerprint density at radius 3 is 2.36 bits per heavy atom. The molecular formula is C18H23NO3. The van der Waals surface area contributed by atoms with Crippen LogP contribution in [0.25, 0.3) is 0 Å². The predicted octanol–water partition coefficient (Wildman–Crippen LogP) is 3.25. The van der Waals surface area contributed by atoms with Gasteiger partial charge in [-0.25, -0.2) is 0 Å². The molecule has 2 atom stereocenters. The zero-order valence-corrected chi connectivity index (χ0v) is 13.2. The normalized spacial score (nSPS) is 24.4. The van der Waals surface area contributed by atoms with Crippen molar-refractivity contribution >= 4 is 11.9 Å². The summed E-state index contributed by atoms with van der Waals surface area (Å²) < 4.78 is 5.67. The maximum absolute atomic E-state index is 12.3. The van der Waals surface area contributed by atoms with E-state index < -0.39 is 6.10 Å². The first-order valence-electron chi connectivity index (χ1n) is 7.74. The Labute approximate surface area is 131 Å². The molecule has 1 unspecified atom stereocenters. The average molecular weight is 301 g/mol. The van der Waals surface area contributed by atoms with E-state index in [1.807, 2.05) is 49.4 Å². The first-order chi connectivity index (χ1) is 10.6. The van der Waals surface area contributed by atoms with E-state index in [2.05, 4.69) is 0 Å². The van der Waals surface area contributed by atoms with Gasteiger partial charge in [-0.2, -0.15) is 0 Å². The van der Waals surface area contributed by atoms with Gasteiger partial charge in [0.15, 0.2) is 0 Å². The molecule has 0 N–H and O–H groups in total. The fourth-order valence-corrected chi connectivity index (χ4v) is 2.54. The third-order valence-corrected chi connectivity index (χ3v) is 4.04. The van der Waals surface area contributed by atoms with Gasteiger partial charge < -0.3 is 9.64 Å². The minimum Gasteiger partial charge on any atom is -0.455 e. The first-order valence-corrected chi connectivity index (χ1v) is 7.74. The SMILES string of the molecule is C[C@@H]1C(c2ccccc2)OC(=O)CCC=CCCC(=O)N1C. The standard InChI is InChI=1S/C18H23NO3/c1-14-18(15-10-6-5-7-11-15)22-17(21)13-9-4-3-8-12-16(20)19(14)2/h3-7,10-11,14,18H,8-9,12-13H2,1-2H3/t14-,18?/m1/s1. The van der Waals surface area contributed by atoms with E-state index in [-0.39, 0.29) is 17.9 Å². The van der Waals surface area contributed by atoms with E-state index in [1.165, 1.54) is 0 Å². The highest BCUT2D eigenvalue weighted by atomic mass is 16.5. The Balaban J connectivity index is 2.27. The number of benzene rings is 1. The summed E-state index contributed by atoms with van der Waals surface area (Å²) in [6.07, 6.45) is 5.67. The topological polar surface area (TPSA) is 46.6 Å². The largest absolute Gasteiger partial charge is 0.455 e. The smallest absolute Gasteiger partial charge is 0.306 e. The van der Waals surface area contributed by atoms with Crippen molar-refractivity contribution in [2.24, 2.45) is 0 Å². The van der Waals surface area contributed by atoms with Crippen molar-refractivity contribution in [2.75, 3.05) is 7.05 Å². The molecule has 0 spiro atoms. The monoisotopic (exact) mass is 301 g/mol. The van der Waals surface area contributed by atoms with Gasteiger partial charge >= 0.3 is 5.97 Å². The molecule has 1 aromatic rings. The van der Waals surface area contributed by atoms with Gasteiger partial charge in [0.05, 0.1) is 6.04 Å². The van der Waals surface area contributed by atoms with Gasteiger partial charge in [-0.1, -0.05) is 42.5 Å². The lowest BCUT2D eigenvalue weighted by Crippen LogP contribution is -2.40. The van der Waals surface area contributed by atoms with Gasteiger partial charge in [-0.15, -0.1) is 0 Å². The molecule has 1 aromatic carbocycles. The molecule has 0 radical (unpaired) electrons. The molecule has 1 amide bonds. The maximum atomic E-state index is 12.3. The summed E-state index contributed by atoms with van der Waals surface area (Å²) in [4.78, 5) is 26.0. The minimum absolute atomic E-state index is 0.0645. The molecule has 1 aliphatic heterocycles. The van der Waals surface area contributed by atoms with Crippen LogP contribution in [0.5, 0.6) is 0 Å². The molecule has 1 heterocycles. The maximum Gasteiger partial charge on any atom is 0.306 e. The Hall–Kier alpha value is -2.10. The zero-order valence-electron chi connectivity index (χ0n) is 13.2. The minimum atomic E-state index is -0.439. The predicted molar refractivity (Wildman–Crippen MR) is 85.1 cm³/mol.